The molecule has 1 rings (SSSR count). The third-order valence-electron chi connectivity index (χ3n) is 3.42. The molecule has 4 N–H and O–H groups in total. The molecule has 0 aromatic rings. The quantitative estimate of drug-likeness (QED) is 0.615. The van der Waals surface area contributed by atoms with Crippen molar-refractivity contribution in [1.29, 1.82) is 0 Å². The van der Waals surface area contributed by atoms with Gasteiger partial charge in [-0.15, -0.1) is 0 Å². The molecule has 1 unspecified atom stereocenters. The fraction of sp³-hybridized carbons (Fsp3) is 0.917. The molecule has 1 heterocycles. The predicted octanol–water partition coefficient (Wildman–Crippen LogP) is 0.0191. The highest BCUT2D eigenvalue weighted by Gasteiger charge is 2.33. The van der Waals surface area contributed by atoms with Crippen LogP contribution in [0.4, 0.5) is 0 Å². The summed E-state index contributed by atoms with van der Waals surface area (Å²) in [5, 5.41) is 12.4. The first-order valence-electron chi connectivity index (χ1n) is 6.31. The number of rotatable bonds is 6. The number of hydrogen-bond donors (Lipinski definition) is 3. The van der Waals surface area contributed by atoms with E-state index in [-0.39, 0.29) is 12.5 Å². The Morgan fingerprint density at radius 2 is 2.18 bits per heavy atom. The summed E-state index contributed by atoms with van der Waals surface area (Å²) >= 11 is 0. The van der Waals surface area contributed by atoms with E-state index in [0.29, 0.717) is 44.9 Å². The van der Waals surface area contributed by atoms with Crippen molar-refractivity contribution < 1.29 is 14.6 Å². The Morgan fingerprint density at radius 1 is 1.53 bits per heavy atom. The minimum atomic E-state index is -0.471. The molecule has 5 nitrogen and oxygen atoms in total. The summed E-state index contributed by atoms with van der Waals surface area (Å²) < 4.78 is 5.24. The van der Waals surface area contributed by atoms with Gasteiger partial charge in [0.25, 0.3) is 0 Å². The number of carbonyl (C=O) groups is 1. The van der Waals surface area contributed by atoms with E-state index >= 15 is 0 Å². The fourth-order valence-electron chi connectivity index (χ4n) is 1.94. The zero-order valence-electron chi connectivity index (χ0n) is 10.6. The van der Waals surface area contributed by atoms with Gasteiger partial charge in [0.15, 0.2) is 0 Å². The van der Waals surface area contributed by atoms with Crippen molar-refractivity contribution in [1.82, 2.24) is 5.32 Å². The predicted molar refractivity (Wildman–Crippen MR) is 65.5 cm³/mol. The van der Waals surface area contributed by atoms with Crippen LogP contribution in [0, 0.1) is 5.92 Å². The van der Waals surface area contributed by atoms with E-state index in [0.717, 1.165) is 6.42 Å². The third kappa shape index (κ3) is 4.61. The summed E-state index contributed by atoms with van der Waals surface area (Å²) in [7, 11) is 0. The third-order valence-corrected chi connectivity index (χ3v) is 3.42. The Balaban J connectivity index is 2.37. The van der Waals surface area contributed by atoms with Gasteiger partial charge in [-0.3, -0.25) is 4.79 Å². The molecule has 1 atom stereocenters. The lowest BCUT2D eigenvalue weighted by molar-refractivity contribution is -0.125. The van der Waals surface area contributed by atoms with Crippen molar-refractivity contribution in [2.45, 2.75) is 38.1 Å². The summed E-state index contributed by atoms with van der Waals surface area (Å²) in [6.45, 7) is 3.81. The van der Waals surface area contributed by atoms with Gasteiger partial charge >= 0.3 is 0 Å². The summed E-state index contributed by atoms with van der Waals surface area (Å²) in [6, 6.07) is 0. The lowest BCUT2D eigenvalue weighted by Gasteiger charge is -2.36. The average Bonchev–Trinajstić information content (AvgIpc) is 2.37. The van der Waals surface area contributed by atoms with Gasteiger partial charge in [0.1, 0.15) is 0 Å². The van der Waals surface area contributed by atoms with E-state index in [2.05, 4.69) is 5.32 Å². The summed E-state index contributed by atoms with van der Waals surface area (Å²) in [5.74, 6) is 0.363. The lowest BCUT2D eigenvalue weighted by atomic mass is 9.90. The van der Waals surface area contributed by atoms with E-state index in [4.69, 9.17) is 10.5 Å². The molecule has 17 heavy (non-hydrogen) atoms. The second kappa shape index (κ2) is 6.93. The van der Waals surface area contributed by atoms with E-state index in [1.165, 1.54) is 0 Å². The van der Waals surface area contributed by atoms with Crippen LogP contribution in [-0.4, -0.2) is 42.9 Å². The Labute approximate surface area is 103 Å². The van der Waals surface area contributed by atoms with E-state index in [9.17, 15) is 9.90 Å². The fourth-order valence-corrected chi connectivity index (χ4v) is 1.94. The van der Waals surface area contributed by atoms with Gasteiger partial charge in [-0.25, -0.2) is 0 Å². The highest BCUT2D eigenvalue weighted by molar-refractivity contribution is 5.76. The first-order chi connectivity index (χ1) is 8.12. The molecule has 1 amide bonds. The monoisotopic (exact) mass is 244 g/mol. The largest absolute Gasteiger partial charge is 0.394 e. The maximum Gasteiger partial charge on any atom is 0.220 e. The van der Waals surface area contributed by atoms with Crippen LogP contribution in [-0.2, 0) is 9.53 Å². The number of aliphatic hydroxyl groups is 1. The van der Waals surface area contributed by atoms with Gasteiger partial charge < -0.3 is 20.9 Å². The van der Waals surface area contributed by atoms with Crippen LogP contribution in [0.2, 0.25) is 0 Å². The van der Waals surface area contributed by atoms with Gasteiger partial charge in [-0.05, 0) is 31.7 Å². The Bertz CT molecular complexity index is 240. The van der Waals surface area contributed by atoms with Gasteiger partial charge in [0.05, 0.1) is 12.1 Å². The molecule has 0 aromatic heterocycles. The zero-order chi connectivity index (χ0) is 12.7. The van der Waals surface area contributed by atoms with Crippen LogP contribution < -0.4 is 11.1 Å². The van der Waals surface area contributed by atoms with E-state index < -0.39 is 5.54 Å². The van der Waals surface area contributed by atoms with Crippen molar-refractivity contribution in [2.75, 3.05) is 26.4 Å². The molecule has 0 aliphatic carbocycles. The van der Waals surface area contributed by atoms with Crippen molar-refractivity contribution in [3.8, 4) is 0 Å². The molecule has 0 spiro atoms. The van der Waals surface area contributed by atoms with Gasteiger partial charge in [-0.1, -0.05) is 6.92 Å². The Morgan fingerprint density at radius 3 is 2.71 bits per heavy atom. The summed E-state index contributed by atoms with van der Waals surface area (Å²) in [6.07, 6.45) is 2.63. The topological polar surface area (TPSA) is 84.6 Å². The standard InChI is InChI=1S/C12H24N2O3/c1-10(8-13)2-3-11(16)14-12(9-15)4-6-17-7-5-12/h10,15H,2-9,13H2,1H3,(H,14,16). The van der Waals surface area contributed by atoms with Crippen molar-refractivity contribution in [2.24, 2.45) is 11.7 Å². The SMILES string of the molecule is CC(CN)CCC(=O)NC1(CO)CCOCC1. The van der Waals surface area contributed by atoms with Crippen LogP contribution in [0.5, 0.6) is 0 Å². The van der Waals surface area contributed by atoms with Crippen LogP contribution in [0.25, 0.3) is 0 Å². The number of nitrogens with one attached hydrogen (secondary N) is 1. The summed E-state index contributed by atoms with van der Waals surface area (Å²) in [4.78, 5) is 11.8. The maximum atomic E-state index is 11.8. The molecule has 0 aromatic carbocycles. The molecule has 0 bridgehead atoms. The molecule has 1 aliphatic rings. The number of ether oxygens (including phenoxy) is 1. The molecule has 0 radical (unpaired) electrons. The molecule has 5 heteroatoms. The van der Waals surface area contributed by atoms with Gasteiger partial charge in [-0.2, -0.15) is 0 Å². The minimum Gasteiger partial charge on any atom is -0.394 e. The van der Waals surface area contributed by atoms with Crippen LogP contribution in [0.15, 0.2) is 0 Å². The van der Waals surface area contributed by atoms with Crippen molar-refractivity contribution in [3.63, 3.8) is 0 Å². The van der Waals surface area contributed by atoms with Crippen LogP contribution >= 0.6 is 0 Å². The smallest absolute Gasteiger partial charge is 0.220 e. The number of hydrogen-bond acceptors (Lipinski definition) is 4. The molecule has 1 aliphatic heterocycles. The zero-order valence-corrected chi connectivity index (χ0v) is 10.6. The molecule has 100 valence electrons. The maximum absolute atomic E-state index is 11.8. The minimum absolute atomic E-state index is 0.00116. The second-order valence-corrected chi connectivity index (χ2v) is 4.98. The normalized spacial score (nSPS) is 20.9. The summed E-state index contributed by atoms with van der Waals surface area (Å²) in [5.41, 5.74) is 5.04. The van der Waals surface area contributed by atoms with Crippen LogP contribution in [0.1, 0.15) is 32.6 Å². The molecule has 1 fully saturated rings. The lowest BCUT2D eigenvalue weighted by Crippen LogP contribution is -2.54. The number of nitrogens with two attached hydrogens (primary N) is 1. The first-order valence-corrected chi connectivity index (χ1v) is 6.31. The number of amides is 1. The molecule has 0 saturated carbocycles. The molecular formula is C12H24N2O3. The Hall–Kier alpha value is -0.650. The molecular weight excluding hydrogens is 220 g/mol. The number of carbonyl (C=O) groups excluding carboxylic acids is 1. The van der Waals surface area contributed by atoms with Gasteiger partial charge in [0, 0.05) is 19.6 Å². The van der Waals surface area contributed by atoms with Crippen molar-refractivity contribution >= 4 is 5.91 Å². The van der Waals surface area contributed by atoms with E-state index in [1.807, 2.05) is 6.92 Å². The first kappa shape index (κ1) is 14.4. The second-order valence-electron chi connectivity index (χ2n) is 4.98. The average molecular weight is 244 g/mol. The highest BCUT2D eigenvalue weighted by Crippen LogP contribution is 2.20. The van der Waals surface area contributed by atoms with Crippen molar-refractivity contribution in [3.05, 3.63) is 0 Å². The van der Waals surface area contributed by atoms with E-state index in [1.54, 1.807) is 0 Å². The number of aliphatic hydroxyl groups excluding tert-OH is 1. The molecule has 1 saturated heterocycles. The van der Waals surface area contributed by atoms with Crippen LogP contribution in [0.3, 0.4) is 0 Å². The Kier molecular flexibility index (Phi) is 5.88. The van der Waals surface area contributed by atoms with Gasteiger partial charge in [0.2, 0.25) is 5.91 Å². The highest BCUT2D eigenvalue weighted by atomic mass is 16.5.